The Bertz CT molecular complexity index is 1230. The molecule has 0 aliphatic carbocycles. The van der Waals surface area contributed by atoms with Crippen LogP contribution < -0.4 is 10.2 Å². The predicted molar refractivity (Wildman–Crippen MR) is 125 cm³/mol. The molecule has 36 heavy (non-hydrogen) atoms. The Hall–Kier alpha value is -2.97. The summed E-state index contributed by atoms with van der Waals surface area (Å²) < 4.78 is 53.1. The minimum atomic E-state index is -4.38. The molecule has 0 saturated carbocycles. The van der Waals surface area contributed by atoms with E-state index < -0.39 is 32.7 Å². The number of morpholine rings is 1. The van der Waals surface area contributed by atoms with E-state index in [0.717, 1.165) is 22.5 Å². The van der Waals surface area contributed by atoms with Gasteiger partial charge in [-0.05, 0) is 42.5 Å². The molecule has 0 aromatic heterocycles. The number of carbonyl (C=O) groups excluding carboxylic acids is 2. The summed E-state index contributed by atoms with van der Waals surface area (Å²) in [5, 5.41) is 9.69. The summed E-state index contributed by atoms with van der Waals surface area (Å²) in [6.07, 6.45) is 0. The molecule has 2 aromatic carbocycles. The first kappa shape index (κ1) is 26.1. The second-order valence-corrected chi connectivity index (χ2v) is 10.4. The molecule has 2 fully saturated rings. The standard InChI is InChI=1S/C22H24ClFN4O7S/c23-15-1-3-16(4-2-15)35-20-6-5-17(13-18(20)24)36(32,33)28-8-7-27(14-19(28)21(29)25-31)22(30)26-9-11-34-12-10-26/h1-6,13,19,31H,7-12,14H2,(H,25,29)/t19-/m1/s1. The first-order valence-electron chi connectivity index (χ1n) is 11.0. The highest BCUT2D eigenvalue weighted by Crippen LogP contribution is 2.30. The van der Waals surface area contributed by atoms with Crippen LogP contribution in [0.1, 0.15) is 0 Å². The van der Waals surface area contributed by atoms with Gasteiger partial charge < -0.3 is 19.3 Å². The smallest absolute Gasteiger partial charge is 0.320 e. The summed E-state index contributed by atoms with van der Waals surface area (Å²) in [5.41, 5.74) is 1.46. The number of hydroxylamine groups is 1. The zero-order chi connectivity index (χ0) is 25.9. The van der Waals surface area contributed by atoms with Crippen LogP contribution in [0.5, 0.6) is 11.5 Å². The van der Waals surface area contributed by atoms with Crippen LogP contribution in [0.3, 0.4) is 0 Å². The number of sulfonamides is 1. The molecule has 14 heteroatoms. The van der Waals surface area contributed by atoms with E-state index in [9.17, 15) is 27.6 Å². The Balaban J connectivity index is 1.54. The molecule has 2 heterocycles. The highest BCUT2D eigenvalue weighted by atomic mass is 35.5. The summed E-state index contributed by atoms with van der Waals surface area (Å²) in [4.78, 5) is 27.7. The molecule has 11 nitrogen and oxygen atoms in total. The molecule has 1 atom stereocenters. The number of benzene rings is 2. The molecule has 0 radical (unpaired) electrons. The average Bonchev–Trinajstić information content (AvgIpc) is 2.90. The van der Waals surface area contributed by atoms with Gasteiger partial charge in [0.2, 0.25) is 10.0 Å². The van der Waals surface area contributed by atoms with Gasteiger partial charge in [-0.15, -0.1) is 0 Å². The van der Waals surface area contributed by atoms with E-state index >= 15 is 0 Å². The fraction of sp³-hybridized carbons (Fsp3) is 0.364. The van der Waals surface area contributed by atoms with E-state index in [1.165, 1.54) is 22.5 Å². The maximum Gasteiger partial charge on any atom is 0.320 e. The number of hydrogen-bond acceptors (Lipinski definition) is 7. The van der Waals surface area contributed by atoms with Crippen LogP contribution in [-0.2, 0) is 19.6 Å². The topological polar surface area (TPSA) is 129 Å². The third-order valence-corrected chi connectivity index (χ3v) is 8.00. The zero-order valence-electron chi connectivity index (χ0n) is 19.0. The van der Waals surface area contributed by atoms with Crippen molar-refractivity contribution in [3.05, 3.63) is 53.3 Å². The minimum absolute atomic E-state index is 0.00483. The van der Waals surface area contributed by atoms with Crippen molar-refractivity contribution in [3.8, 4) is 11.5 Å². The molecule has 0 unspecified atom stereocenters. The minimum Gasteiger partial charge on any atom is -0.454 e. The Morgan fingerprint density at radius 1 is 1.06 bits per heavy atom. The number of rotatable bonds is 5. The van der Waals surface area contributed by atoms with Gasteiger partial charge in [-0.1, -0.05) is 11.6 Å². The molecule has 2 aliphatic heterocycles. The largest absolute Gasteiger partial charge is 0.454 e. The first-order chi connectivity index (χ1) is 17.2. The molecular weight excluding hydrogens is 519 g/mol. The van der Waals surface area contributed by atoms with Gasteiger partial charge in [-0.25, -0.2) is 23.1 Å². The molecule has 194 valence electrons. The Morgan fingerprint density at radius 3 is 2.39 bits per heavy atom. The van der Waals surface area contributed by atoms with Gasteiger partial charge >= 0.3 is 6.03 Å². The Kier molecular flexibility index (Phi) is 7.95. The fourth-order valence-corrected chi connectivity index (χ4v) is 5.67. The van der Waals surface area contributed by atoms with Crippen molar-refractivity contribution in [2.75, 3.05) is 45.9 Å². The lowest BCUT2D eigenvalue weighted by molar-refractivity contribution is -0.134. The van der Waals surface area contributed by atoms with E-state index in [2.05, 4.69) is 0 Å². The van der Waals surface area contributed by atoms with E-state index in [-0.39, 0.29) is 31.4 Å². The number of hydrogen-bond donors (Lipinski definition) is 2. The highest BCUT2D eigenvalue weighted by molar-refractivity contribution is 7.89. The summed E-state index contributed by atoms with van der Waals surface area (Å²) in [6.45, 7) is 0.984. The quantitative estimate of drug-likeness (QED) is 0.436. The number of ether oxygens (including phenoxy) is 2. The number of carbonyl (C=O) groups is 2. The fourth-order valence-electron chi connectivity index (χ4n) is 3.96. The van der Waals surface area contributed by atoms with Crippen LogP contribution in [-0.4, -0.2) is 91.6 Å². The van der Waals surface area contributed by atoms with Crippen molar-refractivity contribution < 1.29 is 37.1 Å². The normalized spacial score (nSPS) is 19.1. The summed E-state index contributed by atoms with van der Waals surface area (Å²) in [6, 6.07) is 7.50. The van der Waals surface area contributed by atoms with Gasteiger partial charge in [0.1, 0.15) is 11.8 Å². The third-order valence-electron chi connectivity index (χ3n) is 5.85. The van der Waals surface area contributed by atoms with Crippen LogP contribution in [0.25, 0.3) is 0 Å². The lowest BCUT2D eigenvalue weighted by Crippen LogP contribution is -2.63. The van der Waals surface area contributed by atoms with Crippen molar-refractivity contribution in [2.45, 2.75) is 10.9 Å². The SMILES string of the molecule is O=C(NO)[C@H]1CN(C(=O)N2CCOCC2)CCN1S(=O)(=O)c1ccc(Oc2ccc(Cl)cc2)c(F)c1. The van der Waals surface area contributed by atoms with Gasteiger partial charge in [-0.2, -0.15) is 4.31 Å². The number of amides is 3. The van der Waals surface area contributed by atoms with Gasteiger partial charge in [0.05, 0.1) is 18.1 Å². The molecular formula is C22H24ClFN4O7S. The Labute approximate surface area is 211 Å². The molecule has 4 rings (SSSR count). The number of nitrogens with one attached hydrogen (secondary N) is 1. The maximum atomic E-state index is 14.8. The third kappa shape index (κ3) is 5.55. The monoisotopic (exact) mass is 542 g/mol. The molecule has 0 spiro atoms. The molecule has 2 aliphatic rings. The van der Waals surface area contributed by atoms with E-state index in [1.54, 1.807) is 17.0 Å². The second-order valence-electron chi connectivity index (χ2n) is 8.08. The van der Waals surface area contributed by atoms with Crippen molar-refractivity contribution in [1.29, 1.82) is 0 Å². The summed E-state index contributed by atoms with van der Waals surface area (Å²) >= 11 is 5.83. The molecule has 2 saturated heterocycles. The van der Waals surface area contributed by atoms with Gasteiger partial charge in [0.25, 0.3) is 5.91 Å². The van der Waals surface area contributed by atoms with Crippen LogP contribution in [0.2, 0.25) is 5.02 Å². The van der Waals surface area contributed by atoms with Crippen molar-refractivity contribution >= 4 is 33.6 Å². The maximum absolute atomic E-state index is 14.8. The molecule has 0 bridgehead atoms. The summed E-state index contributed by atoms with van der Waals surface area (Å²) in [5.74, 6) is -1.85. The first-order valence-corrected chi connectivity index (χ1v) is 12.8. The van der Waals surface area contributed by atoms with Crippen molar-refractivity contribution in [2.24, 2.45) is 0 Å². The molecule has 3 amide bonds. The van der Waals surface area contributed by atoms with Crippen LogP contribution >= 0.6 is 11.6 Å². The lowest BCUT2D eigenvalue weighted by Gasteiger charge is -2.41. The average molecular weight is 543 g/mol. The van der Waals surface area contributed by atoms with Crippen LogP contribution in [0.15, 0.2) is 47.4 Å². The number of urea groups is 1. The Morgan fingerprint density at radius 2 is 1.75 bits per heavy atom. The van der Waals surface area contributed by atoms with Crippen molar-refractivity contribution in [1.82, 2.24) is 19.6 Å². The highest BCUT2D eigenvalue weighted by Gasteiger charge is 2.42. The van der Waals surface area contributed by atoms with Crippen molar-refractivity contribution in [3.63, 3.8) is 0 Å². The van der Waals surface area contributed by atoms with Gasteiger partial charge in [0.15, 0.2) is 11.6 Å². The lowest BCUT2D eigenvalue weighted by atomic mass is 10.2. The van der Waals surface area contributed by atoms with E-state index in [1.807, 2.05) is 0 Å². The van der Waals surface area contributed by atoms with Crippen LogP contribution in [0.4, 0.5) is 9.18 Å². The molecule has 2 aromatic rings. The van der Waals surface area contributed by atoms with Gasteiger partial charge in [0, 0.05) is 37.7 Å². The second kappa shape index (κ2) is 11.0. The number of piperazine rings is 1. The van der Waals surface area contributed by atoms with E-state index in [4.69, 9.17) is 21.1 Å². The zero-order valence-corrected chi connectivity index (χ0v) is 20.5. The molecule has 2 N–H and O–H groups in total. The summed E-state index contributed by atoms with van der Waals surface area (Å²) in [7, 11) is -4.38. The van der Waals surface area contributed by atoms with Gasteiger partial charge in [-0.3, -0.25) is 10.0 Å². The van der Waals surface area contributed by atoms with Crippen LogP contribution in [0, 0.1) is 5.82 Å². The number of halogens is 2. The number of nitrogens with zero attached hydrogens (tertiary/aromatic N) is 3. The van der Waals surface area contributed by atoms with E-state index in [0.29, 0.717) is 37.1 Å². The predicted octanol–water partition coefficient (Wildman–Crippen LogP) is 1.90.